The summed E-state index contributed by atoms with van der Waals surface area (Å²) in [4.78, 5) is 32.9. The lowest BCUT2D eigenvalue weighted by atomic mass is 9.70. The summed E-state index contributed by atoms with van der Waals surface area (Å²) >= 11 is 0. The second-order valence-electron chi connectivity index (χ2n) is 10.4. The molecule has 0 saturated carbocycles. The Morgan fingerprint density at radius 1 is 1.03 bits per heavy atom. The lowest BCUT2D eigenvalue weighted by Gasteiger charge is -2.30. The van der Waals surface area contributed by atoms with Gasteiger partial charge >= 0.3 is 0 Å². The van der Waals surface area contributed by atoms with E-state index in [4.69, 9.17) is 4.74 Å². The van der Waals surface area contributed by atoms with Crippen LogP contribution in [0.5, 0.6) is 5.75 Å². The van der Waals surface area contributed by atoms with Crippen LogP contribution >= 0.6 is 0 Å². The molecule has 2 amide bonds. The van der Waals surface area contributed by atoms with Crippen LogP contribution in [0.2, 0.25) is 0 Å². The molecular weight excluding hydrogens is 476 g/mol. The van der Waals surface area contributed by atoms with Gasteiger partial charge in [-0.1, -0.05) is 42.0 Å². The maximum absolute atomic E-state index is 13.6. The van der Waals surface area contributed by atoms with Crippen molar-refractivity contribution in [3.63, 3.8) is 0 Å². The first-order valence-corrected chi connectivity index (χ1v) is 13.2. The van der Waals surface area contributed by atoms with Gasteiger partial charge in [0.2, 0.25) is 11.8 Å². The highest BCUT2D eigenvalue weighted by Crippen LogP contribution is 2.50. The number of phenols is 1. The average Bonchev–Trinajstić information content (AvgIpc) is 3.46. The number of para-hydroxylation sites is 1. The van der Waals surface area contributed by atoms with Gasteiger partial charge in [0.25, 0.3) is 0 Å². The van der Waals surface area contributed by atoms with Gasteiger partial charge < -0.3 is 9.84 Å². The van der Waals surface area contributed by atoms with Gasteiger partial charge in [0.15, 0.2) is 0 Å². The number of hydrogen-bond acceptors (Lipinski definition) is 5. The lowest BCUT2D eigenvalue weighted by Crippen LogP contribution is -2.34. The third kappa shape index (κ3) is 4.35. The van der Waals surface area contributed by atoms with Crippen molar-refractivity contribution in [3.8, 4) is 5.75 Å². The van der Waals surface area contributed by atoms with Crippen LogP contribution in [0.15, 0.2) is 90.1 Å². The number of allylic oxidation sites excluding steroid dienone is 2. The lowest BCUT2D eigenvalue weighted by molar-refractivity contribution is -0.122. The van der Waals surface area contributed by atoms with Crippen molar-refractivity contribution in [3.05, 3.63) is 101 Å². The smallest absolute Gasteiger partial charge is 0.238 e. The molecule has 1 N–H and O–H groups in total. The SMILES string of the molecule is CC1=C2[C@@H](CC/C(=C/c3cccc(O)c3)c3ccccn3)OC[C@@H]2[C@@H]2C(=O)N(c3ccccc3)C(=O)[C@@H]2C1. The molecule has 3 aromatic rings. The molecule has 1 aromatic heterocycles. The molecule has 0 radical (unpaired) electrons. The van der Waals surface area contributed by atoms with Crippen molar-refractivity contribution < 1.29 is 19.4 Å². The zero-order valence-corrected chi connectivity index (χ0v) is 21.3. The molecule has 192 valence electrons. The first-order chi connectivity index (χ1) is 18.5. The number of aromatic hydroxyl groups is 1. The van der Waals surface area contributed by atoms with E-state index in [0.717, 1.165) is 29.7 Å². The number of imide groups is 1. The van der Waals surface area contributed by atoms with Crippen molar-refractivity contribution in [2.75, 3.05) is 11.5 Å². The number of pyridine rings is 1. The molecule has 6 rings (SSSR count). The van der Waals surface area contributed by atoms with Crippen LogP contribution in [0.1, 0.15) is 37.4 Å². The minimum atomic E-state index is -0.371. The number of anilines is 1. The number of ether oxygens (including phenoxy) is 1. The number of rotatable bonds is 6. The molecule has 2 saturated heterocycles. The Kier molecular flexibility index (Phi) is 6.42. The highest BCUT2D eigenvalue weighted by atomic mass is 16.5. The van der Waals surface area contributed by atoms with E-state index in [1.54, 1.807) is 18.3 Å². The largest absolute Gasteiger partial charge is 0.508 e. The summed E-state index contributed by atoms with van der Waals surface area (Å²) in [6.07, 6.45) is 5.79. The maximum Gasteiger partial charge on any atom is 0.238 e. The number of phenolic OH excluding ortho intramolecular Hbond substituents is 1. The Bertz CT molecular complexity index is 1430. The van der Waals surface area contributed by atoms with Gasteiger partial charge in [-0.2, -0.15) is 0 Å². The number of amides is 2. The molecule has 0 spiro atoms. The van der Waals surface area contributed by atoms with Gasteiger partial charge in [0, 0.05) is 12.1 Å². The molecule has 1 aliphatic carbocycles. The monoisotopic (exact) mass is 506 g/mol. The molecule has 2 aliphatic heterocycles. The molecule has 38 heavy (non-hydrogen) atoms. The van der Waals surface area contributed by atoms with E-state index in [0.29, 0.717) is 18.7 Å². The average molecular weight is 507 g/mol. The van der Waals surface area contributed by atoms with E-state index in [-0.39, 0.29) is 41.4 Å². The number of hydrogen-bond donors (Lipinski definition) is 1. The molecule has 3 heterocycles. The topological polar surface area (TPSA) is 79.7 Å². The fourth-order valence-corrected chi connectivity index (χ4v) is 6.39. The Morgan fingerprint density at radius 3 is 2.61 bits per heavy atom. The van der Waals surface area contributed by atoms with E-state index in [1.807, 2.05) is 60.7 Å². The Morgan fingerprint density at radius 2 is 1.84 bits per heavy atom. The normalized spacial score (nSPS) is 25.1. The molecule has 2 fully saturated rings. The van der Waals surface area contributed by atoms with Gasteiger partial charge in [-0.3, -0.25) is 19.5 Å². The summed E-state index contributed by atoms with van der Waals surface area (Å²) in [5.41, 5.74) is 5.85. The summed E-state index contributed by atoms with van der Waals surface area (Å²) in [7, 11) is 0. The molecule has 4 atom stereocenters. The second kappa shape index (κ2) is 10.0. The molecule has 6 nitrogen and oxygen atoms in total. The number of carbonyl (C=O) groups excluding carboxylic acids is 2. The Labute approximate surface area is 222 Å². The zero-order chi connectivity index (χ0) is 26.2. The van der Waals surface area contributed by atoms with Gasteiger partial charge in [-0.05, 0) is 85.4 Å². The zero-order valence-electron chi connectivity index (χ0n) is 21.3. The van der Waals surface area contributed by atoms with Crippen molar-refractivity contribution in [1.82, 2.24) is 4.98 Å². The molecule has 0 unspecified atom stereocenters. The summed E-state index contributed by atoms with van der Waals surface area (Å²) in [5, 5.41) is 9.94. The van der Waals surface area contributed by atoms with Crippen LogP contribution in [0, 0.1) is 17.8 Å². The van der Waals surface area contributed by atoms with E-state index in [9.17, 15) is 14.7 Å². The maximum atomic E-state index is 13.6. The van der Waals surface area contributed by atoms with Crippen LogP contribution in [-0.4, -0.2) is 34.6 Å². The minimum Gasteiger partial charge on any atom is -0.508 e. The van der Waals surface area contributed by atoms with Crippen LogP contribution < -0.4 is 4.90 Å². The number of carbonyl (C=O) groups is 2. The summed E-state index contributed by atoms with van der Waals surface area (Å²) < 4.78 is 6.33. The summed E-state index contributed by atoms with van der Waals surface area (Å²) in [6.45, 7) is 2.54. The van der Waals surface area contributed by atoms with E-state index >= 15 is 0 Å². The third-order valence-corrected chi connectivity index (χ3v) is 8.05. The molecular formula is C32H30N2O4. The van der Waals surface area contributed by atoms with Gasteiger partial charge in [-0.25, -0.2) is 0 Å². The van der Waals surface area contributed by atoms with E-state index < -0.39 is 0 Å². The van der Waals surface area contributed by atoms with Crippen LogP contribution in [0.4, 0.5) is 5.69 Å². The molecule has 0 bridgehead atoms. The number of nitrogens with zero attached hydrogens (tertiary/aromatic N) is 2. The predicted molar refractivity (Wildman–Crippen MR) is 146 cm³/mol. The fourth-order valence-electron chi connectivity index (χ4n) is 6.39. The highest BCUT2D eigenvalue weighted by molar-refractivity contribution is 6.22. The van der Waals surface area contributed by atoms with Crippen LogP contribution in [0.3, 0.4) is 0 Å². The van der Waals surface area contributed by atoms with Crippen LogP contribution in [0.25, 0.3) is 11.6 Å². The summed E-state index contributed by atoms with van der Waals surface area (Å²) in [5.74, 6) is -0.753. The Balaban J connectivity index is 1.25. The molecule has 2 aromatic carbocycles. The quantitative estimate of drug-likeness (QED) is 0.345. The molecule has 3 aliphatic rings. The summed E-state index contributed by atoms with van der Waals surface area (Å²) in [6, 6.07) is 22.3. The fraction of sp³-hybridized carbons (Fsp3) is 0.281. The van der Waals surface area contributed by atoms with Gasteiger partial charge in [0.1, 0.15) is 5.75 Å². The van der Waals surface area contributed by atoms with Crippen molar-refractivity contribution >= 4 is 29.2 Å². The third-order valence-electron chi connectivity index (χ3n) is 8.05. The number of aromatic nitrogens is 1. The van der Waals surface area contributed by atoms with Crippen molar-refractivity contribution in [2.24, 2.45) is 17.8 Å². The van der Waals surface area contributed by atoms with E-state index in [2.05, 4.69) is 18.0 Å². The first kappa shape index (κ1) is 24.3. The highest BCUT2D eigenvalue weighted by Gasteiger charge is 2.56. The Hall–Kier alpha value is -4.03. The van der Waals surface area contributed by atoms with E-state index in [1.165, 1.54) is 16.0 Å². The first-order valence-electron chi connectivity index (χ1n) is 13.2. The number of benzene rings is 2. The minimum absolute atomic E-state index is 0.0720. The number of fused-ring (bicyclic) bond motifs is 3. The second-order valence-corrected chi connectivity index (χ2v) is 10.4. The standard InChI is InChI=1S/C32H30N2O4/c1-20-16-25-30(32(37)34(31(25)36)23-9-3-2-4-10-23)26-19-38-28(29(20)26)14-13-22(27-12-5-6-15-33-27)17-21-8-7-11-24(35)18-21/h2-12,15,17-18,25-26,28,30,35H,13-14,16,19H2,1H3/b22-17-/t25-,26+,28-,30-/m1/s1. The van der Waals surface area contributed by atoms with Crippen molar-refractivity contribution in [2.45, 2.75) is 32.3 Å². The predicted octanol–water partition coefficient (Wildman–Crippen LogP) is 5.65. The van der Waals surface area contributed by atoms with Crippen LogP contribution in [-0.2, 0) is 14.3 Å². The van der Waals surface area contributed by atoms with Gasteiger partial charge in [-0.15, -0.1) is 0 Å². The van der Waals surface area contributed by atoms with Gasteiger partial charge in [0.05, 0.1) is 35.9 Å². The molecule has 6 heteroatoms. The van der Waals surface area contributed by atoms with Crippen molar-refractivity contribution in [1.29, 1.82) is 0 Å².